The molecule has 0 heterocycles. The van der Waals surface area contributed by atoms with E-state index in [1.54, 1.807) is 7.11 Å². The van der Waals surface area contributed by atoms with Gasteiger partial charge in [-0.05, 0) is 29.9 Å². The molecule has 0 aromatic heterocycles. The lowest BCUT2D eigenvalue weighted by molar-refractivity contribution is -0.143. The lowest BCUT2D eigenvalue weighted by Gasteiger charge is -2.21. The van der Waals surface area contributed by atoms with E-state index >= 15 is 0 Å². The molecule has 1 unspecified atom stereocenters. The van der Waals surface area contributed by atoms with Crippen molar-refractivity contribution in [3.8, 4) is 5.75 Å². The first kappa shape index (κ1) is 19.0. The summed E-state index contributed by atoms with van der Waals surface area (Å²) in [7, 11) is 1.62. The van der Waals surface area contributed by atoms with Gasteiger partial charge in [-0.3, -0.25) is 4.79 Å². The Morgan fingerprint density at radius 1 is 1.26 bits per heavy atom. The molecule has 128 valence electrons. The summed E-state index contributed by atoms with van der Waals surface area (Å²) in [6.45, 7) is 5.72. The van der Waals surface area contributed by atoms with E-state index in [1.807, 2.05) is 45.0 Å². The zero-order valence-electron chi connectivity index (χ0n) is 14.3. The van der Waals surface area contributed by atoms with E-state index in [1.165, 1.54) is 0 Å². The van der Waals surface area contributed by atoms with E-state index in [9.17, 15) is 14.7 Å². The van der Waals surface area contributed by atoms with Crippen LogP contribution in [-0.4, -0.2) is 30.1 Å². The van der Waals surface area contributed by atoms with Crippen LogP contribution in [0.4, 0.5) is 0 Å². The molecule has 0 bridgehead atoms. The number of benzene rings is 1. The van der Waals surface area contributed by atoms with Crippen LogP contribution in [0.2, 0.25) is 0 Å². The first-order valence-corrected chi connectivity index (χ1v) is 8.03. The molecular formula is C18H27NO4. The van der Waals surface area contributed by atoms with E-state index in [-0.39, 0.29) is 24.2 Å². The molecule has 1 amide bonds. The maximum Gasteiger partial charge on any atom is 0.326 e. The molecule has 2 N–H and O–H groups in total. The highest BCUT2D eigenvalue weighted by Crippen LogP contribution is 2.22. The maximum absolute atomic E-state index is 12.1. The third-order valence-electron chi connectivity index (χ3n) is 4.09. The average molecular weight is 321 g/mol. The third-order valence-corrected chi connectivity index (χ3v) is 4.09. The van der Waals surface area contributed by atoms with Gasteiger partial charge in [0.2, 0.25) is 5.91 Å². The van der Waals surface area contributed by atoms with E-state index in [2.05, 4.69) is 5.32 Å². The Kier molecular flexibility index (Phi) is 7.59. The van der Waals surface area contributed by atoms with Gasteiger partial charge in [-0.25, -0.2) is 4.79 Å². The molecule has 0 aliphatic rings. The number of ether oxygens (including phenoxy) is 1. The van der Waals surface area contributed by atoms with Crippen LogP contribution in [0.5, 0.6) is 5.75 Å². The summed E-state index contributed by atoms with van der Waals surface area (Å²) in [6.07, 6.45) is 1.70. The second kappa shape index (κ2) is 9.18. The first-order chi connectivity index (χ1) is 10.9. The number of hydrogen-bond acceptors (Lipinski definition) is 3. The zero-order valence-corrected chi connectivity index (χ0v) is 14.3. The Morgan fingerprint density at radius 2 is 1.91 bits per heavy atom. The fourth-order valence-electron chi connectivity index (χ4n) is 2.55. The molecule has 0 fully saturated rings. The summed E-state index contributed by atoms with van der Waals surface area (Å²) in [6, 6.07) is 6.89. The Hall–Kier alpha value is -2.04. The molecule has 0 aliphatic heterocycles. The smallest absolute Gasteiger partial charge is 0.326 e. The van der Waals surface area contributed by atoms with Crippen LogP contribution in [-0.2, 0) is 16.0 Å². The number of rotatable bonds is 9. The Balaban J connectivity index is 2.61. The van der Waals surface area contributed by atoms with Gasteiger partial charge in [-0.15, -0.1) is 0 Å². The van der Waals surface area contributed by atoms with Gasteiger partial charge in [0, 0.05) is 6.42 Å². The highest BCUT2D eigenvalue weighted by Gasteiger charge is 2.25. The van der Waals surface area contributed by atoms with Crippen LogP contribution < -0.4 is 10.1 Å². The lowest BCUT2D eigenvalue weighted by atomic mass is 9.95. The summed E-state index contributed by atoms with van der Waals surface area (Å²) in [5.74, 6) is -0.397. The molecule has 1 aromatic carbocycles. The van der Waals surface area contributed by atoms with Gasteiger partial charge in [0.1, 0.15) is 11.8 Å². The van der Waals surface area contributed by atoms with Crippen molar-refractivity contribution in [1.82, 2.24) is 5.32 Å². The molecule has 23 heavy (non-hydrogen) atoms. The van der Waals surface area contributed by atoms with Gasteiger partial charge in [-0.1, -0.05) is 45.4 Å². The number of nitrogens with one attached hydrogen (secondary N) is 1. The normalized spacial score (nSPS) is 14.6. The number of para-hydroxylation sites is 1. The lowest BCUT2D eigenvalue weighted by Crippen LogP contribution is -2.45. The fraction of sp³-hybridized carbons (Fsp3) is 0.556. The highest BCUT2D eigenvalue weighted by atomic mass is 16.5. The zero-order chi connectivity index (χ0) is 17.4. The Bertz CT molecular complexity index is 530. The fourth-order valence-corrected chi connectivity index (χ4v) is 2.55. The van der Waals surface area contributed by atoms with Crippen LogP contribution >= 0.6 is 0 Å². The molecule has 5 heteroatoms. The second-order valence-electron chi connectivity index (χ2n) is 6.09. The minimum atomic E-state index is -0.981. The van der Waals surface area contributed by atoms with Crippen molar-refractivity contribution in [2.24, 2.45) is 11.8 Å². The van der Waals surface area contributed by atoms with Crippen molar-refractivity contribution in [3.05, 3.63) is 29.8 Å². The van der Waals surface area contributed by atoms with Gasteiger partial charge in [0.15, 0.2) is 0 Å². The second-order valence-corrected chi connectivity index (χ2v) is 6.09. The van der Waals surface area contributed by atoms with Crippen molar-refractivity contribution < 1.29 is 19.4 Å². The van der Waals surface area contributed by atoms with Gasteiger partial charge >= 0.3 is 5.97 Å². The number of carboxylic acid groups (broad SMARTS) is 1. The molecule has 1 rings (SSSR count). The topological polar surface area (TPSA) is 75.6 Å². The van der Waals surface area contributed by atoms with Crippen LogP contribution in [0.25, 0.3) is 0 Å². The van der Waals surface area contributed by atoms with E-state index in [0.29, 0.717) is 12.8 Å². The molecule has 0 radical (unpaired) electrons. The number of aliphatic carboxylic acids is 1. The van der Waals surface area contributed by atoms with Crippen LogP contribution in [0.1, 0.15) is 39.2 Å². The van der Waals surface area contributed by atoms with Gasteiger partial charge in [-0.2, -0.15) is 0 Å². The first-order valence-electron chi connectivity index (χ1n) is 8.03. The minimum absolute atomic E-state index is 0.0951. The minimum Gasteiger partial charge on any atom is -0.496 e. The van der Waals surface area contributed by atoms with Gasteiger partial charge in [0.05, 0.1) is 7.11 Å². The van der Waals surface area contributed by atoms with Gasteiger partial charge < -0.3 is 15.2 Å². The summed E-state index contributed by atoms with van der Waals surface area (Å²) in [5, 5.41) is 11.9. The molecule has 0 spiro atoms. The number of hydrogen-bond donors (Lipinski definition) is 2. The van der Waals surface area contributed by atoms with Crippen LogP contribution in [0.3, 0.4) is 0 Å². The Labute approximate surface area is 138 Å². The molecule has 3 atom stereocenters. The van der Waals surface area contributed by atoms with Crippen LogP contribution in [0.15, 0.2) is 24.3 Å². The Morgan fingerprint density at radius 3 is 2.48 bits per heavy atom. The number of methoxy groups -OCH3 is 1. The number of carboxylic acids is 1. The third kappa shape index (κ3) is 5.93. The standard InChI is InChI=1S/C18H27NO4/c1-5-13(3)17(18(21)22)19-16(20)11-12(2)10-14-8-6-7-9-15(14)23-4/h6-9,12-13,17H,5,10-11H2,1-4H3,(H,19,20)(H,21,22)/t12?,13-,17-/m0/s1. The SMILES string of the molecule is CC[C@H](C)[C@H](NC(=O)CC(C)Cc1ccccc1OC)C(=O)O. The van der Waals surface area contributed by atoms with E-state index < -0.39 is 12.0 Å². The molecule has 1 aromatic rings. The summed E-state index contributed by atoms with van der Waals surface area (Å²) >= 11 is 0. The summed E-state index contributed by atoms with van der Waals surface area (Å²) in [5.41, 5.74) is 1.05. The van der Waals surface area contributed by atoms with Crippen molar-refractivity contribution in [3.63, 3.8) is 0 Å². The predicted octanol–water partition coefficient (Wildman–Crippen LogP) is 2.88. The van der Waals surface area contributed by atoms with Crippen molar-refractivity contribution in [2.45, 2.75) is 46.1 Å². The molecular weight excluding hydrogens is 294 g/mol. The van der Waals surface area contributed by atoms with E-state index in [0.717, 1.165) is 11.3 Å². The van der Waals surface area contributed by atoms with Crippen molar-refractivity contribution in [1.29, 1.82) is 0 Å². The van der Waals surface area contributed by atoms with Crippen molar-refractivity contribution in [2.75, 3.05) is 7.11 Å². The number of carbonyl (C=O) groups excluding carboxylic acids is 1. The largest absolute Gasteiger partial charge is 0.496 e. The van der Waals surface area contributed by atoms with Crippen LogP contribution in [0, 0.1) is 11.8 Å². The average Bonchev–Trinajstić information content (AvgIpc) is 2.51. The van der Waals surface area contributed by atoms with Gasteiger partial charge in [0.25, 0.3) is 0 Å². The quantitative estimate of drug-likeness (QED) is 0.733. The highest BCUT2D eigenvalue weighted by molar-refractivity contribution is 5.83. The molecule has 0 saturated carbocycles. The summed E-state index contributed by atoms with van der Waals surface area (Å²) in [4.78, 5) is 23.4. The monoisotopic (exact) mass is 321 g/mol. The summed E-state index contributed by atoms with van der Waals surface area (Å²) < 4.78 is 5.31. The maximum atomic E-state index is 12.1. The number of carbonyl (C=O) groups is 2. The predicted molar refractivity (Wildman–Crippen MR) is 89.5 cm³/mol. The van der Waals surface area contributed by atoms with E-state index in [4.69, 9.17) is 4.74 Å². The molecule has 0 aliphatic carbocycles. The number of amides is 1. The van der Waals surface area contributed by atoms with Crippen molar-refractivity contribution >= 4 is 11.9 Å². The molecule has 5 nitrogen and oxygen atoms in total. The molecule has 0 saturated heterocycles.